The van der Waals surface area contributed by atoms with Gasteiger partial charge in [-0.15, -0.1) is 0 Å². The molecule has 3 N–H and O–H groups in total. The van der Waals surface area contributed by atoms with Gasteiger partial charge in [0.1, 0.15) is 13.2 Å². The first kappa shape index (κ1) is 22.9. The summed E-state index contributed by atoms with van der Waals surface area (Å²) in [6.45, 7) is 3.72. The van der Waals surface area contributed by atoms with Gasteiger partial charge >= 0.3 is 7.82 Å². The van der Waals surface area contributed by atoms with Crippen molar-refractivity contribution in [1.29, 1.82) is 0 Å². The summed E-state index contributed by atoms with van der Waals surface area (Å²) in [5, 5.41) is 0. The van der Waals surface area contributed by atoms with E-state index in [-0.39, 0.29) is 19.8 Å². The molecule has 0 fully saturated rings. The van der Waals surface area contributed by atoms with E-state index in [1.807, 2.05) is 21.1 Å². The normalized spacial score (nSPS) is 14.8. The monoisotopic (exact) mass is 359 g/mol. The van der Waals surface area contributed by atoms with Gasteiger partial charge in [0.25, 0.3) is 0 Å². The zero-order valence-corrected chi connectivity index (χ0v) is 15.3. The molecule has 23 heavy (non-hydrogen) atoms. The van der Waals surface area contributed by atoms with Crippen LogP contribution in [0, 0.1) is 0 Å². The second-order valence-corrected chi connectivity index (χ2v) is 7.23. The van der Waals surface area contributed by atoms with Gasteiger partial charge in [0.05, 0.1) is 67.4 Å². The summed E-state index contributed by atoms with van der Waals surface area (Å²) in [7, 11) is 1.89. The fourth-order valence-electron chi connectivity index (χ4n) is 1.30. The maximum Gasteiger partial charge on any atom is 0.472 e. The predicted molar refractivity (Wildman–Crippen MR) is 86.1 cm³/mol. The van der Waals surface area contributed by atoms with Crippen LogP contribution in [-0.2, 0) is 27.8 Å². The number of rotatable bonds is 16. The summed E-state index contributed by atoms with van der Waals surface area (Å²) in [5.74, 6) is 0. The molecule has 0 aliphatic rings. The Hall–Kier alpha value is -0.0900. The van der Waals surface area contributed by atoms with E-state index >= 15 is 0 Å². The summed E-state index contributed by atoms with van der Waals surface area (Å²) < 4.78 is 37.5. The van der Waals surface area contributed by atoms with Crippen molar-refractivity contribution in [3.8, 4) is 0 Å². The molecule has 0 heterocycles. The Morgan fingerprint density at radius 3 is 1.74 bits per heavy atom. The van der Waals surface area contributed by atoms with Gasteiger partial charge in [-0.3, -0.25) is 9.05 Å². The van der Waals surface area contributed by atoms with Gasteiger partial charge in [0, 0.05) is 6.54 Å². The van der Waals surface area contributed by atoms with Crippen LogP contribution in [0.4, 0.5) is 0 Å². The lowest BCUT2D eigenvalue weighted by Crippen LogP contribution is -2.37. The molecule has 0 spiro atoms. The number of nitrogens with two attached hydrogens (primary N) is 1. The quantitative estimate of drug-likeness (QED) is 0.222. The molecular formula is C13H32N2O7P+. The number of ether oxygens (including phenoxy) is 3. The lowest BCUT2D eigenvalue weighted by molar-refractivity contribution is -0.870. The lowest BCUT2D eigenvalue weighted by atomic mass is 10.5. The van der Waals surface area contributed by atoms with Crippen molar-refractivity contribution in [2.45, 2.75) is 0 Å². The summed E-state index contributed by atoms with van der Waals surface area (Å²) in [6.07, 6.45) is 0. The van der Waals surface area contributed by atoms with Crippen molar-refractivity contribution < 1.29 is 37.2 Å². The van der Waals surface area contributed by atoms with E-state index in [1.54, 1.807) is 0 Å². The molecule has 0 aliphatic heterocycles. The van der Waals surface area contributed by atoms with Gasteiger partial charge in [-0.25, -0.2) is 4.57 Å². The molecule has 1 atom stereocenters. The fourth-order valence-corrected chi connectivity index (χ4v) is 2.00. The Balaban J connectivity index is 3.40. The molecule has 10 heteroatoms. The first-order valence-electron chi connectivity index (χ1n) is 7.62. The van der Waals surface area contributed by atoms with Gasteiger partial charge in [0.15, 0.2) is 0 Å². The molecule has 9 nitrogen and oxygen atoms in total. The van der Waals surface area contributed by atoms with E-state index < -0.39 is 7.82 Å². The molecule has 0 radical (unpaired) electrons. The number of hydrogen-bond donors (Lipinski definition) is 2. The number of hydrogen-bond acceptors (Lipinski definition) is 7. The van der Waals surface area contributed by atoms with Crippen LogP contribution in [0.25, 0.3) is 0 Å². The Kier molecular flexibility index (Phi) is 13.2. The number of quaternary nitrogens is 1. The van der Waals surface area contributed by atoms with Crippen LogP contribution in [0.1, 0.15) is 0 Å². The zero-order valence-electron chi connectivity index (χ0n) is 14.4. The summed E-state index contributed by atoms with van der Waals surface area (Å²) in [4.78, 5) is 9.46. The molecule has 1 unspecified atom stereocenters. The van der Waals surface area contributed by atoms with Crippen LogP contribution in [0.5, 0.6) is 0 Å². The maximum absolute atomic E-state index is 11.6. The predicted octanol–water partition coefficient (Wildman–Crippen LogP) is -0.165. The van der Waals surface area contributed by atoms with Gasteiger partial charge < -0.3 is 29.3 Å². The average molecular weight is 359 g/mol. The topological polar surface area (TPSA) is 109 Å². The second-order valence-electron chi connectivity index (χ2n) is 5.77. The minimum Gasteiger partial charge on any atom is -0.378 e. The highest BCUT2D eigenvalue weighted by Crippen LogP contribution is 2.42. The number of nitrogens with zero attached hydrogens (tertiary/aromatic N) is 1. The van der Waals surface area contributed by atoms with Crippen molar-refractivity contribution in [2.75, 3.05) is 87.1 Å². The Morgan fingerprint density at radius 2 is 1.26 bits per heavy atom. The van der Waals surface area contributed by atoms with E-state index in [2.05, 4.69) is 0 Å². The highest BCUT2D eigenvalue weighted by Gasteiger charge is 2.22. The van der Waals surface area contributed by atoms with Crippen LogP contribution in [0.3, 0.4) is 0 Å². The Morgan fingerprint density at radius 1 is 0.826 bits per heavy atom. The maximum atomic E-state index is 11.6. The highest BCUT2D eigenvalue weighted by atomic mass is 31.2. The standard InChI is InChI=1S/C13H31N2O7P/c1-15(2,3)5-7-21-23(16,17)22-13-12-20-11-10-19-9-8-18-6-4-14/h4-14H2,1-3H3/p+1. The Bertz CT molecular complexity index is 326. The van der Waals surface area contributed by atoms with E-state index in [4.69, 9.17) is 29.0 Å². The van der Waals surface area contributed by atoms with Crippen LogP contribution in [0.15, 0.2) is 0 Å². The first-order chi connectivity index (χ1) is 10.8. The van der Waals surface area contributed by atoms with Crippen molar-refractivity contribution in [1.82, 2.24) is 0 Å². The van der Waals surface area contributed by atoms with Crippen molar-refractivity contribution in [3.05, 3.63) is 0 Å². The SMILES string of the molecule is C[N+](C)(C)CCOP(=O)(O)OCCOCCOCCOCCN. The number of phosphoric ester groups is 1. The third-order valence-corrected chi connectivity index (χ3v) is 3.52. The molecule has 0 aromatic heterocycles. The number of phosphoric acid groups is 1. The summed E-state index contributed by atoms with van der Waals surface area (Å²) in [5.41, 5.74) is 5.27. The molecular weight excluding hydrogens is 327 g/mol. The molecule has 0 aliphatic carbocycles. The van der Waals surface area contributed by atoms with Gasteiger partial charge in [-0.1, -0.05) is 0 Å². The first-order valence-corrected chi connectivity index (χ1v) is 9.12. The third-order valence-electron chi connectivity index (χ3n) is 2.50. The van der Waals surface area contributed by atoms with Gasteiger partial charge in [-0.2, -0.15) is 0 Å². The van der Waals surface area contributed by atoms with Crippen molar-refractivity contribution in [3.63, 3.8) is 0 Å². The lowest BCUT2D eigenvalue weighted by Gasteiger charge is -2.24. The zero-order chi connectivity index (χ0) is 17.6. The van der Waals surface area contributed by atoms with Crippen LogP contribution in [-0.4, -0.2) is 96.5 Å². The van der Waals surface area contributed by atoms with Crippen LogP contribution in [0.2, 0.25) is 0 Å². The summed E-state index contributed by atoms with van der Waals surface area (Å²) >= 11 is 0. The number of likely N-dealkylation sites (N-methyl/N-ethyl adjacent to an activating group) is 1. The average Bonchev–Trinajstić information content (AvgIpc) is 2.43. The van der Waals surface area contributed by atoms with Crippen molar-refractivity contribution >= 4 is 7.82 Å². The molecule has 0 saturated carbocycles. The molecule has 0 bridgehead atoms. The molecule has 0 amide bonds. The van der Waals surface area contributed by atoms with E-state index in [9.17, 15) is 9.46 Å². The van der Waals surface area contributed by atoms with E-state index in [1.165, 1.54) is 0 Å². The molecule has 0 aromatic carbocycles. The molecule has 0 aromatic rings. The third kappa shape index (κ3) is 18.1. The molecule has 0 rings (SSSR count). The second kappa shape index (κ2) is 13.2. The minimum atomic E-state index is -4.00. The highest BCUT2D eigenvalue weighted by molar-refractivity contribution is 7.47. The van der Waals surface area contributed by atoms with E-state index in [0.717, 1.165) is 0 Å². The fraction of sp³-hybridized carbons (Fsp3) is 1.00. The minimum absolute atomic E-state index is 0.0161. The smallest absolute Gasteiger partial charge is 0.378 e. The van der Waals surface area contributed by atoms with Crippen molar-refractivity contribution in [2.24, 2.45) is 5.73 Å². The van der Waals surface area contributed by atoms with E-state index in [0.29, 0.717) is 50.6 Å². The van der Waals surface area contributed by atoms with Gasteiger partial charge in [-0.05, 0) is 0 Å². The molecule has 0 saturated heterocycles. The summed E-state index contributed by atoms with van der Waals surface area (Å²) in [6, 6.07) is 0. The molecule has 140 valence electrons. The largest absolute Gasteiger partial charge is 0.472 e. The van der Waals surface area contributed by atoms with Crippen LogP contribution < -0.4 is 5.73 Å². The Labute approximate surface area is 138 Å². The van der Waals surface area contributed by atoms with Crippen LogP contribution >= 0.6 is 7.82 Å². The van der Waals surface area contributed by atoms with Gasteiger partial charge in [0.2, 0.25) is 0 Å².